The third-order valence-electron chi connectivity index (χ3n) is 5.17. The minimum absolute atomic E-state index is 0.135. The van der Waals surface area contributed by atoms with Crippen LogP contribution in [0.4, 0.5) is 11.5 Å². The second-order valence-electron chi connectivity index (χ2n) is 7.14. The fourth-order valence-corrected chi connectivity index (χ4v) is 3.65. The Bertz CT molecular complexity index is 1380. The second kappa shape index (κ2) is 8.20. The monoisotopic (exact) mass is 433 g/mol. The van der Waals surface area contributed by atoms with Gasteiger partial charge in [0.15, 0.2) is 0 Å². The average molecular weight is 434 g/mol. The average Bonchev–Trinajstić information content (AvgIpc) is 2.77. The Morgan fingerprint density at radius 2 is 1.90 bits per heavy atom. The molecule has 2 N–H and O–H groups in total. The Balaban J connectivity index is 1.78. The van der Waals surface area contributed by atoms with Crippen LogP contribution in [-0.2, 0) is 7.05 Å². The van der Waals surface area contributed by atoms with Gasteiger partial charge in [0.2, 0.25) is 0 Å². The molecular weight excluding hydrogens is 414 g/mol. The van der Waals surface area contributed by atoms with Crippen molar-refractivity contribution in [2.24, 2.45) is 7.05 Å². The first-order chi connectivity index (χ1) is 14.9. The summed E-state index contributed by atoms with van der Waals surface area (Å²) >= 11 is 6.08. The molecule has 0 radical (unpaired) electrons. The van der Waals surface area contributed by atoms with E-state index in [-0.39, 0.29) is 16.5 Å². The third-order valence-corrected chi connectivity index (χ3v) is 5.47. The van der Waals surface area contributed by atoms with Gasteiger partial charge in [0.05, 0.1) is 16.1 Å². The summed E-state index contributed by atoms with van der Waals surface area (Å²) in [6.45, 7) is 1.92. The quantitative estimate of drug-likeness (QED) is 0.502. The fraction of sp³-hybridized carbons (Fsp3) is 0.130. The highest BCUT2D eigenvalue weighted by Crippen LogP contribution is 2.28. The molecule has 0 saturated heterocycles. The zero-order valence-corrected chi connectivity index (χ0v) is 18.0. The van der Waals surface area contributed by atoms with Crippen LogP contribution in [0.1, 0.15) is 15.9 Å². The molecule has 8 heteroatoms. The molecule has 0 fully saturated rings. The summed E-state index contributed by atoms with van der Waals surface area (Å²) in [6.07, 6.45) is 4.66. The maximum atomic E-state index is 13.1. The van der Waals surface area contributed by atoms with Crippen molar-refractivity contribution in [1.82, 2.24) is 14.5 Å². The van der Waals surface area contributed by atoms with E-state index in [9.17, 15) is 9.59 Å². The highest BCUT2D eigenvalue weighted by atomic mass is 35.5. The normalized spacial score (nSPS) is 10.8. The van der Waals surface area contributed by atoms with Gasteiger partial charge in [0.25, 0.3) is 11.5 Å². The minimum atomic E-state index is -0.350. The largest absolute Gasteiger partial charge is 0.373 e. The van der Waals surface area contributed by atoms with E-state index in [4.69, 9.17) is 11.6 Å². The molecule has 7 nitrogen and oxygen atoms in total. The number of nitrogens with one attached hydrogen (secondary N) is 2. The number of aromatic nitrogens is 3. The Morgan fingerprint density at radius 1 is 1.10 bits per heavy atom. The first kappa shape index (κ1) is 20.6. The molecule has 0 saturated carbocycles. The molecule has 0 bridgehead atoms. The Hall–Kier alpha value is -3.71. The van der Waals surface area contributed by atoms with Crippen LogP contribution in [0.2, 0.25) is 5.02 Å². The van der Waals surface area contributed by atoms with Gasteiger partial charge in [-0.15, -0.1) is 0 Å². The smallest absolute Gasteiger partial charge is 0.258 e. The van der Waals surface area contributed by atoms with Crippen molar-refractivity contribution in [3.63, 3.8) is 0 Å². The van der Waals surface area contributed by atoms with E-state index >= 15 is 0 Å². The van der Waals surface area contributed by atoms with Crippen molar-refractivity contribution < 1.29 is 4.79 Å². The predicted octanol–water partition coefficient (Wildman–Crippen LogP) is 4.25. The van der Waals surface area contributed by atoms with Gasteiger partial charge in [-0.05, 0) is 42.3 Å². The zero-order chi connectivity index (χ0) is 22.1. The van der Waals surface area contributed by atoms with E-state index in [2.05, 4.69) is 20.6 Å². The molecule has 4 rings (SSSR count). The molecule has 1 amide bonds. The minimum Gasteiger partial charge on any atom is -0.373 e. The Kier molecular flexibility index (Phi) is 5.44. The van der Waals surface area contributed by atoms with E-state index in [0.29, 0.717) is 22.6 Å². The first-order valence-electron chi connectivity index (χ1n) is 9.58. The van der Waals surface area contributed by atoms with E-state index in [1.165, 1.54) is 12.4 Å². The summed E-state index contributed by atoms with van der Waals surface area (Å²) in [5.74, 6) is 0.336. The molecule has 0 aliphatic heterocycles. The summed E-state index contributed by atoms with van der Waals surface area (Å²) in [6, 6.07) is 10.7. The number of halogens is 1. The number of carbonyl (C=O) groups excluding carboxylic acids is 1. The number of amides is 1. The van der Waals surface area contributed by atoms with Crippen LogP contribution in [0.3, 0.4) is 0 Å². The van der Waals surface area contributed by atoms with Gasteiger partial charge in [0, 0.05) is 55.4 Å². The zero-order valence-electron chi connectivity index (χ0n) is 17.2. The number of aryl methyl sites for hydroxylation is 2. The van der Waals surface area contributed by atoms with Crippen LogP contribution in [0.15, 0.2) is 59.8 Å². The maximum absolute atomic E-state index is 13.1. The van der Waals surface area contributed by atoms with E-state index in [0.717, 1.165) is 22.0 Å². The van der Waals surface area contributed by atoms with Crippen molar-refractivity contribution in [3.05, 3.63) is 81.5 Å². The Morgan fingerprint density at radius 3 is 2.65 bits per heavy atom. The second-order valence-corrected chi connectivity index (χ2v) is 7.55. The van der Waals surface area contributed by atoms with Crippen molar-refractivity contribution in [1.29, 1.82) is 0 Å². The molecule has 4 aromatic rings. The molecule has 3 aromatic heterocycles. The first-order valence-corrected chi connectivity index (χ1v) is 9.96. The lowest BCUT2D eigenvalue weighted by molar-refractivity contribution is 0.102. The number of nitrogens with zero attached hydrogens (tertiary/aromatic N) is 3. The molecule has 0 aliphatic carbocycles. The Labute approximate surface area is 183 Å². The number of anilines is 2. The summed E-state index contributed by atoms with van der Waals surface area (Å²) in [5.41, 5.74) is 3.71. The van der Waals surface area contributed by atoms with Crippen LogP contribution in [-0.4, -0.2) is 27.5 Å². The number of hydrogen-bond acceptors (Lipinski definition) is 5. The molecule has 156 valence electrons. The third kappa shape index (κ3) is 3.87. The molecule has 0 unspecified atom stereocenters. The molecule has 31 heavy (non-hydrogen) atoms. The molecule has 1 aromatic carbocycles. The number of rotatable bonds is 4. The summed E-state index contributed by atoms with van der Waals surface area (Å²) in [7, 11) is 3.52. The van der Waals surface area contributed by atoms with E-state index in [1.54, 1.807) is 43.1 Å². The van der Waals surface area contributed by atoms with Gasteiger partial charge >= 0.3 is 0 Å². The molecule has 0 spiro atoms. The lowest BCUT2D eigenvalue weighted by Gasteiger charge is -2.13. The summed E-state index contributed by atoms with van der Waals surface area (Å²) < 4.78 is 1.61. The van der Waals surface area contributed by atoms with Crippen molar-refractivity contribution >= 4 is 39.9 Å². The number of fused-ring (bicyclic) bond motifs is 1. The number of carbonyl (C=O) groups is 1. The van der Waals surface area contributed by atoms with Crippen LogP contribution in [0.5, 0.6) is 0 Å². The van der Waals surface area contributed by atoms with Crippen LogP contribution < -0.4 is 16.2 Å². The van der Waals surface area contributed by atoms with Gasteiger partial charge in [-0.3, -0.25) is 14.6 Å². The van der Waals surface area contributed by atoms with Crippen molar-refractivity contribution in [2.75, 3.05) is 17.7 Å². The fourth-order valence-electron chi connectivity index (χ4n) is 3.44. The number of benzene rings is 1. The van der Waals surface area contributed by atoms with E-state index < -0.39 is 0 Å². The van der Waals surface area contributed by atoms with Gasteiger partial charge in [-0.25, -0.2) is 4.98 Å². The summed E-state index contributed by atoms with van der Waals surface area (Å²) in [5, 5.41) is 6.94. The number of pyridine rings is 3. The van der Waals surface area contributed by atoms with Gasteiger partial charge < -0.3 is 15.2 Å². The van der Waals surface area contributed by atoms with Crippen LogP contribution in [0, 0.1) is 6.92 Å². The topological polar surface area (TPSA) is 88.9 Å². The van der Waals surface area contributed by atoms with E-state index in [1.807, 2.05) is 25.1 Å². The molecular formula is C23H20ClN5O2. The van der Waals surface area contributed by atoms with Crippen LogP contribution in [0.25, 0.3) is 22.0 Å². The molecule has 3 heterocycles. The summed E-state index contributed by atoms with van der Waals surface area (Å²) in [4.78, 5) is 34.0. The molecule has 0 aliphatic rings. The van der Waals surface area contributed by atoms with Crippen LogP contribution >= 0.6 is 11.6 Å². The SMILES string of the molecule is CNc1cc2c(cn1)cc(-c1cc(NC(=O)c3ccncc3Cl)ccc1C)c(=O)n2C. The highest BCUT2D eigenvalue weighted by molar-refractivity contribution is 6.34. The predicted molar refractivity (Wildman–Crippen MR) is 124 cm³/mol. The lowest BCUT2D eigenvalue weighted by Crippen LogP contribution is -2.19. The van der Waals surface area contributed by atoms with Crippen molar-refractivity contribution in [2.45, 2.75) is 6.92 Å². The molecule has 0 atom stereocenters. The standard InChI is InChI=1S/C23H20ClN5O2/c1-13-4-5-15(28-22(30)16-6-7-26-12-19(16)24)9-17(13)18-8-14-11-27-21(25-2)10-20(14)29(3)23(18)31/h4-12H,1-3H3,(H,25,27)(H,28,30). The number of hydrogen-bond donors (Lipinski definition) is 2. The van der Waals surface area contributed by atoms with Gasteiger partial charge in [0.1, 0.15) is 5.82 Å². The lowest BCUT2D eigenvalue weighted by atomic mass is 9.99. The maximum Gasteiger partial charge on any atom is 0.258 e. The highest BCUT2D eigenvalue weighted by Gasteiger charge is 2.15. The van der Waals surface area contributed by atoms with Gasteiger partial charge in [-0.2, -0.15) is 0 Å². The van der Waals surface area contributed by atoms with Gasteiger partial charge in [-0.1, -0.05) is 17.7 Å². The van der Waals surface area contributed by atoms with Crippen molar-refractivity contribution in [3.8, 4) is 11.1 Å².